The van der Waals surface area contributed by atoms with E-state index in [2.05, 4.69) is 5.32 Å². The summed E-state index contributed by atoms with van der Waals surface area (Å²) in [5.41, 5.74) is 3.16. The molecule has 1 N–H and O–H groups in total. The van der Waals surface area contributed by atoms with Gasteiger partial charge in [0.2, 0.25) is 5.91 Å². The SMILES string of the molecule is COc1ccc(CNC(=O)CSc2nc3ccccc3c(=O)n2-c2ccccc2C)cc1. The number of amides is 1. The van der Waals surface area contributed by atoms with E-state index in [4.69, 9.17) is 9.72 Å². The third-order valence-corrected chi connectivity index (χ3v) is 6.02. The first kappa shape index (κ1) is 21.6. The number of hydrogen-bond donors (Lipinski definition) is 1. The number of rotatable bonds is 7. The van der Waals surface area contributed by atoms with Gasteiger partial charge in [0, 0.05) is 6.54 Å². The number of carbonyl (C=O) groups excluding carboxylic acids is 1. The first-order valence-corrected chi connectivity index (χ1v) is 11.2. The van der Waals surface area contributed by atoms with Gasteiger partial charge in [-0.05, 0) is 48.4 Å². The van der Waals surface area contributed by atoms with Gasteiger partial charge in [-0.25, -0.2) is 4.98 Å². The highest BCUT2D eigenvalue weighted by Gasteiger charge is 2.15. The summed E-state index contributed by atoms with van der Waals surface area (Å²) in [6.45, 7) is 2.37. The fraction of sp³-hybridized carbons (Fsp3) is 0.160. The van der Waals surface area contributed by atoms with Crippen molar-refractivity contribution in [1.29, 1.82) is 0 Å². The van der Waals surface area contributed by atoms with Gasteiger partial charge in [-0.2, -0.15) is 0 Å². The summed E-state index contributed by atoms with van der Waals surface area (Å²) in [4.78, 5) is 30.5. The summed E-state index contributed by atoms with van der Waals surface area (Å²) in [6, 6.07) is 22.5. The third-order valence-electron chi connectivity index (χ3n) is 5.08. The maximum Gasteiger partial charge on any atom is 0.266 e. The molecule has 1 amide bonds. The van der Waals surface area contributed by atoms with Crippen molar-refractivity contribution >= 4 is 28.6 Å². The van der Waals surface area contributed by atoms with Crippen molar-refractivity contribution in [3.05, 3.63) is 94.3 Å². The van der Waals surface area contributed by atoms with Crippen molar-refractivity contribution in [3.8, 4) is 11.4 Å². The second kappa shape index (κ2) is 9.70. The molecule has 0 aliphatic carbocycles. The Morgan fingerprint density at radius 2 is 1.75 bits per heavy atom. The predicted octanol–water partition coefficient (Wildman–Crippen LogP) is 4.11. The quantitative estimate of drug-likeness (QED) is 0.342. The monoisotopic (exact) mass is 445 g/mol. The summed E-state index contributed by atoms with van der Waals surface area (Å²) in [7, 11) is 1.62. The molecule has 32 heavy (non-hydrogen) atoms. The summed E-state index contributed by atoms with van der Waals surface area (Å²) in [5, 5.41) is 3.95. The summed E-state index contributed by atoms with van der Waals surface area (Å²) in [6.07, 6.45) is 0. The Bertz CT molecular complexity index is 1320. The van der Waals surface area contributed by atoms with Crippen LogP contribution in [-0.2, 0) is 11.3 Å². The number of thioether (sulfide) groups is 1. The molecule has 0 unspecified atom stereocenters. The second-order valence-corrected chi connectivity index (χ2v) is 8.19. The highest BCUT2D eigenvalue weighted by atomic mass is 32.2. The van der Waals surface area contributed by atoms with E-state index in [0.29, 0.717) is 22.6 Å². The molecule has 0 spiro atoms. The second-order valence-electron chi connectivity index (χ2n) is 7.25. The van der Waals surface area contributed by atoms with Crippen LogP contribution < -0.4 is 15.6 Å². The van der Waals surface area contributed by atoms with Crippen LogP contribution in [0.3, 0.4) is 0 Å². The number of fused-ring (bicyclic) bond motifs is 1. The maximum absolute atomic E-state index is 13.3. The third kappa shape index (κ3) is 4.68. The van der Waals surface area contributed by atoms with Crippen LogP contribution in [-0.4, -0.2) is 28.3 Å². The van der Waals surface area contributed by atoms with E-state index in [0.717, 1.165) is 22.6 Å². The molecule has 1 heterocycles. The molecule has 3 aromatic carbocycles. The van der Waals surface area contributed by atoms with E-state index in [1.807, 2.05) is 73.7 Å². The lowest BCUT2D eigenvalue weighted by Crippen LogP contribution is -2.26. The number of carbonyl (C=O) groups is 1. The van der Waals surface area contributed by atoms with Crippen LogP contribution in [0.2, 0.25) is 0 Å². The molecule has 6 nitrogen and oxygen atoms in total. The number of methoxy groups -OCH3 is 1. The highest BCUT2D eigenvalue weighted by Crippen LogP contribution is 2.23. The van der Waals surface area contributed by atoms with Gasteiger partial charge < -0.3 is 10.1 Å². The average molecular weight is 446 g/mol. The van der Waals surface area contributed by atoms with Crippen LogP contribution in [0.15, 0.2) is 82.7 Å². The minimum atomic E-state index is -0.147. The van der Waals surface area contributed by atoms with Gasteiger partial charge in [0.15, 0.2) is 5.16 Å². The molecule has 4 rings (SSSR count). The predicted molar refractivity (Wildman–Crippen MR) is 128 cm³/mol. The molecule has 0 saturated carbocycles. The van der Waals surface area contributed by atoms with Gasteiger partial charge >= 0.3 is 0 Å². The van der Waals surface area contributed by atoms with Crippen LogP contribution in [0.4, 0.5) is 0 Å². The zero-order valence-corrected chi connectivity index (χ0v) is 18.7. The number of hydrogen-bond acceptors (Lipinski definition) is 5. The largest absolute Gasteiger partial charge is 0.497 e. The molecule has 0 aliphatic rings. The molecule has 0 atom stereocenters. The smallest absolute Gasteiger partial charge is 0.266 e. The Labute approximate surface area is 190 Å². The molecule has 1 aromatic heterocycles. The lowest BCUT2D eigenvalue weighted by atomic mass is 10.2. The molecule has 162 valence electrons. The number of ether oxygens (including phenoxy) is 1. The van der Waals surface area contributed by atoms with Crippen molar-refractivity contribution in [3.63, 3.8) is 0 Å². The maximum atomic E-state index is 13.3. The van der Waals surface area contributed by atoms with Crippen molar-refractivity contribution in [2.45, 2.75) is 18.6 Å². The molecular formula is C25H23N3O3S. The van der Waals surface area contributed by atoms with Crippen molar-refractivity contribution in [1.82, 2.24) is 14.9 Å². The van der Waals surface area contributed by atoms with Gasteiger partial charge in [0.25, 0.3) is 5.56 Å². The van der Waals surface area contributed by atoms with Gasteiger partial charge in [0.1, 0.15) is 5.75 Å². The number of para-hydroxylation sites is 2. The van der Waals surface area contributed by atoms with Crippen LogP contribution in [0.1, 0.15) is 11.1 Å². The number of aryl methyl sites for hydroxylation is 1. The first-order chi connectivity index (χ1) is 15.6. The molecule has 0 radical (unpaired) electrons. The van der Waals surface area contributed by atoms with Gasteiger partial charge in [0.05, 0.1) is 29.5 Å². The number of aromatic nitrogens is 2. The fourth-order valence-electron chi connectivity index (χ4n) is 3.36. The van der Waals surface area contributed by atoms with Gasteiger partial charge in [-0.1, -0.05) is 54.2 Å². The molecule has 0 aliphatic heterocycles. The Morgan fingerprint density at radius 3 is 2.50 bits per heavy atom. The Kier molecular flexibility index (Phi) is 6.56. The molecule has 0 bridgehead atoms. The summed E-state index contributed by atoms with van der Waals surface area (Å²) in [5.74, 6) is 0.782. The molecular weight excluding hydrogens is 422 g/mol. The zero-order valence-electron chi connectivity index (χ0n) is 17.9. The van der Waals surface area contributed by atoms with Crippen molar-refractivity contribution in [2.24, 2.45) is 0 Å². The van der Waals surface area contributed by atoms with E-state index in [1.165, 1.54) is 11.8 Å². The van der Waals surface area contributed by atoms with E-state index < -0.39 is 0 Å². The van der Waals surface area contributed by atoms with Crippen molar-refractivity contribution in [2.75, 3.05) is 12.9 Å². The van der Waals surface area contributed by atoms with Gasteiger partial charge in [-0.3, -0.25) is 14.2 Å². The lowest BCUT2D eigenvalue weighted by Gasteiger charge is -2.15. The standard InChI is InChI=1S/C25H23N3O3S/c1-17-7-3-6-10-22(17)28-24(30)20-8-4-5-9-21(20)27-25(28)32-16-23(29)26-15-18-11-13-19(31-2)14-12-18/h3-14H,15-16H2,1-2H3,(H,26,29). The number of nitrogens with one attached hydrogen (secondary N) is 1. The number of benzene rings is 3. The lowest BCUT2D eigenvalue weighted by molar-refractivity contribution is -0.118. The Hall–Kier alpha value is -3.58. The van der Waals surface area contributed by atoms with E-state index in [1.54, 1.807) is 17.7 Å². The first-order valence-electron chi connectivity index (χ1n) is 10.2. The Balaban J connectivity index is 1.56. The molecule has 4 aromatic rings. The van der Waals surface area contributed by atoms with Crippen molar-refractivity contribution < 1.29 is 9.53 Å². The Morgan fingerprint density at radius 1 is 1.03 bits per heavy atom. The van der Waals surface area contributed by atoms with Crippen LogP contribution in [0.5, 0.6) is 5.75 Å². The average Bonchev–Trinajstić information content (AvgIpc) is 2.82. The normalized spacial score (nSPS) is 10.8. The van der Waals surface area contributed by atoms with E-state index in [-0.39, 0.29) is 17.2 Å². The fourth-order valence-corrected chi connectivity index (χ4v) is 4.20. The van der Waals surface area contributed by atoms with Crippen LogP contribution >= 0.6 is 11.8 Å². The molecule has 7 heteroatoms. The van der Waals surface area contributed by atoms with E-state index in [9.17, 15) is 9.59 Å². The van der Waals surface area contributed by atoms with Crippen LogP contribution in [0, 0.1) is 6.92 Å². The van der Waals surface area contributed by atoms with Gasteiger partial charge in [-0.15, -0.1) is 0 Å². The topological polar surface area (TPSA) is 73.2 Å². The molecule has 0 saturated heterocycles. The zero-order chi connectivity index (χ0) is 22.5. The van der Waals surface area contributed by atoms with E-state index >= 15 is 0 Å². The minimum Gasteiger partial charge on any atom is -0.497 e. The summed E-state index contributed by atoms with van der Waals surface area (Å²) >= 11 is 1.25. The van der Waals surface area contributed by atoms with Crippen LogP contribution in [0.25, 0.3) is 16.6 Å². The summed E-state index contributed by atoms with van der Waals surface area (Å²) < 4.78 is 6.75. The minimum absolute atomic E-state index is 0.135. The number of nitrogens with zero attached hydrogens (tertiary/aromatic N) is 2. The highest BCUT2D eigenvalue weighted by molar-refractivity contribution is 7.99. The molecule has 0 fully saturated rings.